The van der Waals surface area contributed by atoms with Crippen molar-refractivity contribution in [3.63, 3.8) is 0 Å². The Bertz CT molecular complexity index is 211. The van der Waals surface area contributed by atoms with Gasteiger partial charge in [0.2, 0.25) is 0 Å². The van der Waals surface area contributed by atoms with Crippen LogP contribution in [0.15, 0.2) is 0 Å². The lowest BCUT2D eigenvalue weighted by Gasteiger charge is -2.30. The van der Waals surface area contributed by atoms with Crippen molar-refractivity contribution in [3.8, 4) is 0 Å². The lowest BCUT2D eigenvalue weighted by Crippen LogP contribution is -2.45. The first-order valence-electron chi connectivity index (χ1n) is 6.24. The average Bonchev–Trinajstić information content (AvgIpc) is 2.25. The molecule has 0 aliphatic carbocycles. The van der Waals surface area contributed by atoms with Crippen molar-refractivity contribution in [2.45, 2.75) is 39.7 Å². The number of piperidine rings is 1. The van der Waals surface area contributed by atoms with E-state index in [0.29, 0.717) is 13.2 Å². The van der Waals surface area contributed by atoms with Gasteiger partial charge in [-0.05, 0) is 32.6 Å². The maximum atomic E-state index is 11.7. The molecule has 2 amide bonds. The van der Waals surface area contributed by atoms with Crippen LogP contribution in [0.1, 0.15) is 33.6 Å². The summed E-state index contributed by atoms with van der Waals surface area (Å²) in [7, 11) is 0. The van der Waals surface area contributed by atoms with Crippen LogP contribution in [0.5, 0.6) is 0 Å². The summed E-state index contributed by atoms with van der Waals surface area (Å²) in [6, 6.07) is 0.0549. The monoisotopic (exact) mass is 228 g/mol. The SMILES string of the molecule is CC1CCN(C(=O)NCCOC(C)C)CC1. The number of carbonyl (C=O) groups excluding carboxylic acids is 1. The molecule has 16 heavy (non-hydrogen) atoms. The van der Waals surface area contributed by atoms with Crippen LogP contribution >= 0.6 is 0 Å². The molecule has 0 bridgehead atoms. The molecule has 1 saturated heterocycles. The van der Waals surface area contributed by atoms with Gasteiger partial charge in [-0.25, -0.2) is 4.79 Å². The predicted molar refractivity (Wildman–Crippen MR) is 64.5 cm³/mol. The van der Waals surface area contributed by atoms with Crippen molar-refractivity contribution in [3.05, 3.63) is 0 Å². The molecule has 0 aromatic rings. The molecule has 1 fully saturated rings. The molecule has 1 heterocycles. The summed E-state index contributed by atoms with van der Waals surface area (Å²) in [5.41, 5.74) is 0. The second-order valence-electron chi connectivity index (χ2n) is 4.82. The van der Waals surface area contributed by atoms with E-state index < -0.39 is 0 Å². The number of ether oxygens (including phenoxy) is 1. The van der Waals surface area contributed by atoms with E-state index in [1.165, 1.54) is 0 Å². The van der Waals surface area contributed by atoms with Crippen molar-refractivity contribution in [2.75, 3.05) is 26.2 Å². The topological polar surface area (TPSA) is 41.6 Å². The van der Waals surface area contributed by atoms with Gasteiger partial charge in [-0.3, -0.25) is 0 Å². The number of rotatable bonds is 4. The minimum Gasteiger partial charge on any atom is -0.377 e. The summed E-state index contributed by atoms with van der Waals surface area (Å²) in [4.78, 5) is 13.6. The summed E-state index contributed by atoms with van der Waals surface area (Å²) in [5, 5.41) is 2.88. The Labute approximate surface area is 98.3 Å². The number of likely N-dealkylation sites (tertiary alicyclic amines) is 1. The smallest absolute Gasteiger partial charge is 0.317 e. The van der Waals surface area contributed by atoms with Crippen molar-refractivity contribution < 1.29 is 9.53 Å². The van der Waals surface area contributed by atoms with E-state index in [-0.39, 0.29) is 12.1 Å². The molecule has 0 aromatic carbocycles. The fourth-order valence-electron chi connectivity index (χ4n) is 1.78. The summed E-state index contributed by atoms with van der Waals surface area (Å²) in [6.07, 6.45) is 2.47. The van der Waals surface area contributed by atoms with E-state index in [0.717, 1.165) is 31.8 Å². The Hall–Kier alpha value is -0.770. The zero-order chi connectivity index (χ0) is 12.0. The summed E-state index contributed by atoms with van der Waals surface area (Å²) < 4.78 is 5.36. The van der Waals surface area contributed by atoms with Crippen LogP contribution in [0.2, 0.25) is 0 Å². The molecule has 94 valence electrons. The minimum atomic E-state index is 0.0549. The number of nitrogens with one attached hydrogen (secondary N) is 1. The first-order chi connectivity index (χ1) is 7.59. The summed E-state index contributed by atoms with van der Waals surface area (Å²) in [6.45, 7) is 9.19. The quantitative estimate of drug-likeness (QED) is 0.746. The third kappa shape index (κ3) is 4.84. The molecule has 0 spiro atoms. The Balaban J connectivity index is 2.10. The van der Waals surface area contributed by atoms with E-state index in [2.05, 4.69) is 12.2 Å². The van der Waals surface area contributed by atoms with Gasteiger partial charge >= 0.3 is 6.03 Å². The van der Waals surface area contributed by atoms with Crippen molar-refractivity contribution in [2.24, 2.45) is 5.92 Å². The van der Waals surface area contributed by atoms with Crippen LogP contribution in [0.25, 0.3) is 0 Å². The molecular weight excluding hydrogens is 204 g/mol. The normalized spacial score (nSPS) is 17.9. The standard InChI is InChI=1S/C12H24N2O2/c1-10(2)16-9-6-13-12(15)14-7-4-11(3)5-8-14/h10-11H,4-9H2,1-3H3,(H,13,15). The Morgan fingerprint density at radius 3 is 2.62 bits per heavy atom. The fourth-order valence-corrected chi connectivity index (χ4v) is 1.78. The lowest BCUT2D eigenvalue weighted by molar-refractivity contribution is 0.0802. The average molecular weight is 228 g/mol. The summed E-state index contributed by atoms with van der Waals surface area (Å²) >= 11 is 0. The molecule has 1 N–H and O–H groups in total. The molecule has 0 atom stereocenters. The van der Waals surface area contributed by atoms with Crippen LogP contribution in [0, 0.1) is 5.92 Å². The van der Waals surface area contributed by atoms with Crippen LogP contribution in [0.4, 0.5) is 4.79 Å². The number of urea groups is 1. The molecule has 1 aliphatic rings. The Morgan fingerprint density at radius 2 is 2.06 bits per heavy atom. The maximum Gasteiger partial charge on any atom is 0.317 e. The number of hydrogen-bond acceptors (Lipinski definition) is 2. The van der Waals surface area contributed by atoms with Gasteiger partial charge in [0.1, 0.15) is 0 Å². The highest BCUT2D eigenvalue weighted by Crippen LogP contribution is 2.15. The second kappa shape index (κ2) is 6.74. The van der Waals surface area contributed by atoms with Gasteiger partial charge in [-0.15, -0.1) is 0 Å². The molecule has 1 rings (SSSR count). The highest BCUT2D eigenvalue weighted by molar-refractivity contribution is 5.74. The number of hydrogen-bond donors (Lipinski definition) is 1. The molecule has 0 radical (unpaired) electrons. The molecule has 0 unspecified atom stereocenters. The molecule has 4 heteroatoms. The summed E-state index contributed by atoms with van der Waals surface area (Å²) in [5.74, 6) is 0.758. The first kappa shape index (κ1) is 13.3. The van der Waals surface area contributed by atoms with Crippen molar-refractivity contribution >= 4 is 6.03 Å². The Kier molecular flexibility index (Phi) is 5.60. The van der Waals surface area contributed by atoms with Gasteiger partial charge in [-0.2, -0.15) is 0 Å². The number of nitrogens with zero attached hydrogens (tertiary/aromatic N) is 1. The molecular formula is C12H24N2O2. The Morgan fingerprint density at radius 1 is 1.44 bits per heavy atom. The van der Waals surface area contributed by atoms with Gasteiger partial charge in [0.05, 0.1) is 12.7 Å². The van der Waals surface area contributed by atoms with Gasteiger partial charge in [0, 0.05) is 19.6 Å². The van der Waals surface area contributed by atoms with Gasteiger partial charge in [0.25, 0.3) is 0 Å². The van der Waals surface area contributed by atoms with E-state index in [9.17, 15) is 4.79 Å². The number of amides is 2. The molecule has 4 nitrogen and oxygen atoms in total. The molecule has 0 saturated carbocycles. The highest BCUT2D eigenvalue weighted by Gasteiger charge is 2.19. The zero-order valence-corrected chi connectivity index (χ0v) is 10.7. The first-order valence-corrected chi connectivity index (χ1v) is 6.24. The molecule has 1 aliphatic heterocycles. The van der Waals surface area contributed by atoms with Crippen LogP contribution in [-0.2, 0) is 4.74 Å². The second-order valence-corrected chi connectivity index (χ2v) is 4.82. The fraction of sp³-hybridized carbons (Fsp3) is 0.917. The zero-order valence-electron chi connectivity index (χ0n) is 10.7. The van der Waals surface area contributed by atoms with Gasteiger partial charge < -0.3 is 15.0 Å². The largest absolute Gasteiger partial charge is 0.377 e. The minimum absolute atomic E-state index is 0.0549. The highest BCUT2D eigenvalue weighted by atomic mass is 16.5. The van der Waals surface area contributed by atoms with Gasteiger partial charge in [-0.1, -0.05) is 6.92 Å². The maximum absolute atomic E-state index is 11.7. The van der Waals surface area contributed by atoms with Crippen molar-refractivity contribution in [1.29, 1.82) is 0 Å². The third-order valence-electron chi connectivity index (χ3n) is 2.90. The van der Waals surface area contributed by atoms with E-state index in [1.807, 2.05) is 18.7 Å². The van der Waals surface area contributed by atoms with E-state index in [4.69, 9.17) is 4.74 Å². The third-order valence-corrected chi connectivity index (χ3v) is 2.90. The van der Waals surface area contributed by atoms with E-state index in [1.54, 1.807) is 0 Å². The van der Waals surface area contributed by atoms with Crippen molar-refractivity contribution in [1.82, 2.24) is 10.2 Å². The van der Waals surface area contributed by atoms with Gasteiger partial charge in [0.15, 0.2) is 0 Å². The van der Waals surface area contributed by atoms with Crippen LogP contribution < -0.4 is 5.32 Å². The van der Waals surface area contributed by atoms with E-state index >= 15 is 0 Å². The van der Waals surface area contributed by atoms with Crippen LogP contribution in [-0.4, -0.2) is 43.3 Å². The number of carbonyl (C=O) groups is 1. The lowest BCUT2D eigenvalue weighted by atomic mass is 10.00. The predicted octanol–water partition coefficient (Wildman–Crippen LogP) is 1.85. The molecule has 0 aromatic heterocycles. The van der Waals surface area contributed by atoms with Crippen LogP contribution in [0.3, 0.4) is 0 Å².